The van der Waals surface area contributed by atoms with Crippen LogP contribution in [0.5, 0.6) is 0 Å². The van der Waals surface area contributed by atoms with Crippen LogP contribution >= 0.6 is 0 Å². The zero-order valence-electron chi connectivity index (χ0n) is 20.0. The van der Waals surface area contributed by atoms with Gasteiger partial charge in [0.15, 0.2) is 17.2 Å². The van der Waals surface area contributed by atoms with Gasteiger partial charge in [0.1, 0.15) is 5.82 Å². The van der Waals surface area contributed by atoms with E-state index < -0.39 is 23.6 Å². The highest BCUT2D eigenvalue weighted by molar-refractivity contribution is 5.96. The van der Waals surface area contributed by atoms with Crippen LogP contribution in [0.1, 0.15) is 28.5 Å². The number of amides is 1. The molecular formula is C24H24F4N8O. The van der Waals surface area contributed by atoms with Gasteiger partial charge in [0.05, 0.1) is 29.6 Å². The summed E-state index contributed by atoms with van der Waals surface area (Å²) < 4.78 is 58.5. The summed E-state index contributed by atoms with van der Waals surface area (Å²) in [6.45, 7) is 7.12. The van der Waals surface area contributed by atoms with Crippen LogP contribution in [-0.2, 0) is 12.7 Å². The molecule has 4 rings (SSSR count). The van der Waals surface area contributed by atoms with E-state index in [-0.39, 0.29) is 53.1 Å². The van der Waals surface area contributed by atoms with E-state index >= 15 is 0 Å². The minimum atomic E-state index is -4.69. The first-order valence-electron chi connectivity index (χ1n) is 11.2. The number of alkyl halides is 3. The van der Waals surface area contributed by atoms with Crippen LogP contribution in [0.3, 0.4) is 0 Å². The van der Waals surface area contributed by atoms with E-state index in [1.807, 2.05) is 0 Å². The smallest absolute Gasteiger partial charge is 0.348 e. The fourth-order valence-corrected chi connectivity index (χ4v) is 3.85. The van der Waals surface area contributed by atoms with Crippen molar-refractivity contribution in [2.45, 2.75) is 32.6 Å². The molecule has 0 saturated carbocycles. The molecule has 0 radical (unpaired) electrons. The Morgan fingerprint density at radius 1 is 1.30 bits per heavy atom. The van der Waals surface area contributed by atoms with Crippen molar-refractivity contribution in [3.63, 3.8) is 0 Å². The lowest BCUT2D eigenvalue weighted by atomic mass is 10.1. The highest BCUT2D eigenvalue weighted by atomic mass is 19.4. The quantitative estimate of drug-likeness (QED) is 0.240. The molecular weight excluding hydrogens is 492 g/mol. The Balaban J connectivity index is 1.71. The SMILES string of the molecule is C=CCn1cc(-c2cnc3c(Nc4cc(C)c(C(=O)NC(C)CN)c(F)c4)nccn23)c(C(F)(F)F)n1. The van der Waals surface area contributed by atoms with E-state index in [4.69, 9.17) is 5.73 Å². The summed E-state index contributed by atoms with van der Waals surface area (Å²) >= 11 is 0. The number of allylic oxidation sites excluding steroid dienone is 1. The van der Waals surface area contributed by atoms with Crippen molar-refractivity contribution >= 4 is 23.1 Å². The molecule has 0 fully saturated rings. The van der Waals surface area contributed by atoms with E-state index in [1.165, 1.54) is 35.3 Å². The molecule has 4 N–H and O–H groups in total. The zero-order valence-corrected chi connectivity index (χ0v) is 20.0. The standard InChI is InChI=1S/C24H24F4N8O/c1-4-6-35-12-16(20(34-35)24(26,27)28)18-11-31-22-21(30-5-7-36(18)22)33-15-8-13(2)19(17(25)9-15)23(37)32-14(3)10-29/h4-5,7-9,11-12,14H,1,6,10,29H2,2-3H3,(H,30,33)(H,32,37). The maximum Gasteiger partial charge on any atom is 0.435 e. The van der Waals surface area contributed by atoms with Gasteiger partial charge >= 0.3 is 6.18 Å². The van der Waals surface area contributed by atoms with Gasteiger partial charge in [-0.25, -0.2) is 14.4 Å². The number of benzene rings is 1. The Kier molecular flexibility index (Phi) is 6.99. The molecule has 0 saturated heterocycles. The monoisotopic (exact) mass is 516 g/mol. The Morgan fingerprint density at radius 2 is 2.05 bits per heavy atom. The number of rotatable bonds is 8. The number of halogens is 4. The number of hydrogen-bond acceptors (Lipinski definition) is 6. The molecule has 1 unspecified atom stereocenters. The summed E-state index contributed by atoms with van der Waals surface area (Å²) in [5, 5.41) is 9.22. The van der Waals surface area contributed by atoms with Crippen molar-refractivity contribution in [2.75, 3.05) is 11.9 Å². The molecule has 0 aliphatic rings. The van der Waals surface area contributed by atoms with E-state index in [2.05, 4.69) is 32.3 Å². The highest BCUT2D eigenvalue weighted by Crippen LogP contribution is 2.37. The second-order valence-corrected chi connectivity index (χ2v) is 8.40. The van der Waals surface area contributed by atoms with Crippen molar-refractivity contribution in [3.8, 4) is 11.3 Å². The van der Waals surface area contributed by atoms with Gasteiger partial charge in [-0.2, -0.15) is 18.3 Å². The topological polar surface area (TPSA) is 115 Å². The maximum atomic E-state index is 14.9. The third-order valence-electron chi connectivity index (χ3n) is 5.56. The summed E-state index contributed by atoms with van der Waals surface area (Å²) in [7, 11) is 0. The lowest BCUT2D eigenvalue weighted by molar-refractivity contribution is -0.141. The second-order valence-electron chi connectivity index (χ2n) is 8.40. The lowest BCUT2D eigenvalue weighted by Crippen LogP contribution is -2.38. The molecule has 37 heavy (non-hydrogen) atoms. The molecule has 4 aromatic rings. The first-order valence-corrected chi connectivity index (χ1v) is 11.2. The number of carbonyl (C=O) groups is 1. The van der Waals surface area contributed by atoms with E-state index in [1.54, 1.807) is 19.9 Å². The van der Waals surface area contributed by atoms with E-state index in [9.17, 15) is 22.4 Å². The fourth-order valence-electron chi connectivity index (χ4n) is 3.85. The minimum absolute atomic E-state index is 0.0955. The summed E-state index contributed by atoms with van der Waals surface area (Å²) in [5.41, 5.74) is 5.17. The molecule has 0 bridgehead atoms. The van der Waals surface area contributed by atoms with Crippen LogP contribution in [0.2, 0.25) is 0 Å². The molecule has 9 nitrogen and oxygen atoms in total. The van der Waals surface area contributed by atoms with Crippen LogP contribution < -0.4 is 16.4 Å². The van der Waals surface area contributed by atoms with E-state index in [0.717, 1.165) is 10.7 Å². The number of anilines is 2. The summed E-state index contributed by atoms with van der Waals surface area (Å²) in [5.74, 6) is -1.17. The normalized spacial score (nSPS) is 12.5. The average Bonchev–Trinajstić information content (AvgIpc) is 3.43. The summed E-state index contributed by atoms with van der Waals surface area (Å²) in [6, 6.07) is 2.36. The minimum Gasteiger partial charge on any atom is -0.348 e. The average molecular weight is 517 g/mol. The van der Waals surface area contributed by atoms with Crippen LogP contribution in [0.25, 0.3) is 16.9 Å². The Hall–Kier alpha value is -4.26. The number of carbonyl (C=O) groups excluding carboxylic acids is 1. The number of aromatic nitrogens is 5. The number of nitrogens with one attached hydrogen (secondary N) is 2. The van der Waals surface area contributed by atoms with Gasteiger partial charge in [0, 0.05) is 36.9 Å². The first kappa shape index (κ1) is 25.8. The van der Waals surface area contributed by atoms with Gasteiger partial charge < -0.3 is 16.4 Å². The third-order valence-corrected chi connectivity index (χ3v) is 5.56. The highest BCUT2D eigenvalue weighted by Gasteiger charge is 2.38. The number of nitrogens with zero attached hydrogens (tertiary/aromatic N) is 5. The van der Waals surface area contributed by atoms with Gasteiger partial charge in [0.25, 0.3) is 5.91 Å². The Bertz CT molecular complexity index is 1450. The lowest BCUT2D eigenvalue weighted by Gasteiger charge is -2.15. The Morgan fingerprint density at radius 3 is 2.70 bits per heavy atom. The number of nitrogens with two attached hydrogens (primary N) is 1. The summed E-state index contributed by atoms with van der Waals surface area (Å²) in [6.07, 6.45) is 2.14. The Labute approximate surface area is 209 Å². The molecule has 0 aliphatic heterocycles. The molecule has 3 heterocycles. The number of hydrogen-bond donors (Lipinski definition) is 3. The predicted molar refractivity (Wildman–Crippen MR) is 130 cm³/mol. The van der Waals surface area contributed by atoms with Crippen molar-refractivity contribution < 1.29 is 22.4 Å². The van der Waals surface area contributed by atoms with Gasteiger partial charge in [-0.15, -0.1) is 6.58 Å². The van der Waals surface area contributed by atoms with Gasteiger partial charge in [-0.1, -0.05) is 6.08 Å². The largest absolute Gasteiger partial charge is 0.435 e. The number of fused-ring (bicyclic) bond motifs is 1. The zero-order chi connectivity index (χ0) is 26.9. The predicted octanol–water partition coefficient (Wildman–Crippen LogP) is 4.07. The third kappa shape index (κ3) is 5.16. The van der Waals surface area contributed by atoms with Crippen molar-refractivity contribution in [1.82, 2.24) is 29.5 Å². The van der Waals surface area contributed by atoms with Crippen molar-refractivity contribution in [1.29, 1.82) is 0 Å². The van der Waals surface area contributed by atoms with Crippen LogP contribution in [0.4, 0.5) is 29.1 Å². The van der Waals surface area contributed by atoms with Crippen molar-refractivity contribution in [3.05, 3.63) is 72.2 Å². The molecule has 1 amide bonds. The molecule has 1 aromatic carbocycles. The number of aryl methyl sites for hydroxylation is 1. The molecule has 0 aliphatic carbocycles. The number of imidazole rings is 1. The second kappa shape index (κ2) is 10.0. The first-order chi connectivity index (χ1) is 17.5. The maximum absolute atomic E-state index is 14.9. The van der Waals surface area contributed by atoms with Gasteiger partial charge in [0.2, 0.25) is 0 Å². The van der Waals surface area contributed by atoms with Crippen LogP contribution in [0, 0.1) is 12.7 Å². The molecule has 13 heteroatoms. The molecule has 194 valence electrons. The van der Waals surface area contributed by atoms with Crippen LogP contribution in [0.15, 0.2) is 49.6 Å². The van der Waals surface area contributed by atoms with Crippen LogP contribution in [-0.4, -0.2) is 42.6 Å². The fraction of sp³-hybridized carbons (Fsp3) is 0.250. The van der Waals surface area contributed by atoms with Gasteiger partial charge in [-0.3, -0.25) is 13.9 Å². The van der Waals surface area contributed by atoms with Gasteiger partial charge in [-0.05, 0) is 31.5 Å². The molecule has 0 spiro atoms. The molecule has 3 aromatic heterocycles. The molecule has 1 atom stereocenters. The summed E-state index contributed by atoms with van der Waals surface area (Å²) in [4.78, 5) is 20.9. The van der Waals surface area contributed by atoms with E-state index in [0.29, 0.717) is 5.56 Å². The van der Waals surface area contributed by atoms with Crippen molar-refractivity contribution in [2.24, 2.45) is 5.73 Å².